The van der Waals surface area contributed by atoms with E-state index in [2.05, 4.69) is 10.4 Å². The average Bonchev–Trinajstić information content (AvgIpc) is 3.40. The number of carbonyl (C=O) groups is 2. The Kier molecular flexibility index (Phi) is 6.29. The number of aliphatic hydroxyl groups excluding tert-OH is 1. The summed E-state index contributed by atoms with van der Waals surface area (Å²) in [5, 5.41) is 17.5. The maximum absolute atomic E-state index is 12.5. The van der Waals surface area contributed by atoms with Crippen molar-refractivity contribution in [2.45, 2.75) is 18.7 Å². The first-order valence-corrected chi connectivity index (χ1v) is 10.3. The molecule has 0 unspecified atom stereocenters. The van der Waals surface area contributed by atoms with Gasteiger partial charge in [-0.1, -0.05) is 36.4 Å². The number of hydrogen-bond donors (Lipinski definition) is 4. The Morgan fingerprint density at radius 3 is 2.58 bits per heavy atom. The molecule has 6 N–H and O–H groups in total. The van der Waals surface area contributed by atoms with Gasteiger partial charge in [-0.3, -0.25) is 9.59 Å². The fraction of sp³-hybridized carbons (Fsp3) is 0.261. The standard InChI is InChI=1S/C23H25N5O5/c1-32-18-5-3-2-4-15(18)23(31)26-10-13-6-8-14(9-7-13)20-19(22(25)30)21(24)28(27-20)16-11-33-12-17(16)29/h2-9,16-17,29H,10-12,24H2,1H3,(H2,25,30)(H,26,31)/t16-,17-/m1/s1. The minimum atomic E-state index is -0.782. The number of hydrogen-bond acceptors (Lipinski definition) is 7. The van der Waals surface area contributed by atoms with Crippen LogP contribution in [0.25, 0.3) is 11.3 Å². The predicted octanol–water partition coefficient (Wildman–Crippen LogP) is 1.10. The van der Waals surface area contributed by atoms with Crippen molar-refractivity contribution < 1.29 is 24.2 Å². The zero-order chi connectivity index (χ0) is 23.5. The van der Waals surface area contributed by atoms with Crippen molar-refractivity contribution in [3.63, 3.8) is 0 Å². The molecule has 0 bridgehead atoms. The lowest BCUT2D eigenvalue weighted by atomic mass is 10.0. The molecule has 172 valence electrons. The fourth-order valence-corrected chi connectivity index (χ4v) is 3.80. The van der Waals surface area contributed by atoms with Crippen molar-refractivity contribution in [1.82, 2.24) is 15.1 Å². The number of amides is 2. The summed E-state index contributed by atoms with van der Waals surface area (Å²) in [4.78, 5) is 24.6. The van der Waals surface area contributed by atoms with Crippen LogP contribution < -0.4 is 21.5 Å². The third-order valence-corrected chi connectivity index (χ3v) is 5.56. The van der Waals surface area contributed by atoms with Crippen LogP contribution in [-0.4, -0.2) is 53.1 Å². The third kappa shape index (κ3) is 4.38. The van der Waals surface area contributed by atoms with Crippen molar-refractivity contribution in [3.05, 3.63) is 65.2 Å². The van der Waals surface area contributed by atoms with E-state index in [-0.39, 0.29) is 30.5 Å². The zero-order valence-electron chi connectivity index (χ0n) is 18.0. The van der Waals surface area contributed by atoms with Gasteiger partial charge in [0, 0.05) is 12.1 Å². The van der Waals surface area contributed by atoms with Gasteiger partial charge in [0.05, 0.1) is 25.9 Å². The number of para-hydroxylation sites is 1. The van der Waals surface area contributed by atoms with Crippen LogP contribution in [0.2, 0.25) is 0 Å². The number of rotatable bonds is 7. The van der Waals surface area contributed by atoms with Crippen LogP contribution in [-0.2, 0) is 11.3 Å². The van der Waals surface area contributed by atoms with Gasteiger partial charge in [-0.25, -0.2) is 4.68 Å². The van der Waals surface area contributed by atoms with Gasteiger partial charge in [0.2, 0.25) is 0 Å². The number of nitrogen functional groups attached to an aromatic ring is 1. The van der Waals surface area contributed by atoms with Crippen molar-refractivity contribution >= 4 is 17.6 Å². The van der Waals surface area contributed by atoms with E-state index in [1.54, 1.807) is 36.4 Å². The quantitative estimate of drug-likeness (QED) is 0.419. The molecule has 4 rings (SSSR count). The van der Waals surface area contributed by atoms with E-state index >= 15 is 0 Å². The van der Waals surface area contributed by atoms with Gasteiger partial charge >= 0.3 is 0 Å². The van der Waals surface area contributed by atoms with E-state index in [0.29, 0.717) is 29.1 Å². The van der Waals surface area contributed by atoms with Gasteiger partial charge in [-0.05, 0) is 17.7 Å². The number of nitrogens with one attached hydrogen (secondary N) is 1. The normalized spacial score (nSPS) is 17.6. The second kappa shape index (κ2) is 9.31. The number of nitrogens with two attached hydrogens (primary N) is 2. The van der Waals surface area contributed by atoms with Crippen LogP contribution >= 0.6 is 0 Å². The Labute approximate surface area is 190 Å². The molecule has 2 aromatic carbocycles. The van der Waals surface area contributed by atoms with Gasteiger partial charge in [0.15, 0.2) is 0 Å². The monoisotopic (exact) mass is 451 g/mol. The lowest BCUT2D eigenvalue weighted by molar-refractivity contribution is 0.0946. The lowest BCUT2D eigenvalue weighted by Gasteiger charge is -2.14. The topological polar surface area (TPSA) is 155 Å². The van der Waals surface area contributed by atoms with Gasteiger partial charge in [0.25, 0.3) is 11.8 Å². The number of primary amides is 1. The molecule has 3 aromatic rings. The molecule has 2 amide bonds. The summed E-state index contributed by atoms with van der Waals surface area (Å²) < 4.78 is 11.9. The molecule has 1 aliphatic rings. The maximum Gasteiger partial charge on any atom is 0.255 e. The number of methoxy groups -OCH3 is 1. The molecule has 33 heavy (non-hydrogen) atoms. The van der Waals surface area contributed by atoms with E-state index in [9.17, 15) is 14.7 Å². The highest BCUT2D eigenvalue weighted by atomic mass is 16.5. The van der Waals surface area contributed by atoms with E-state index in [4.69, 9.17) is 20.9 Å². The average molecular weight is 451 g/mol. The molecule has 1 aliphatic heterocycles. The SMILES string of the molecule is COc1ccccc1C(=O)NCc1ccc(-c2nn([C@@H]3COC[C@H]3O)c(N)c2C(N)=O)cc1. The van der Waals surface area contributed by atoms with Gasteiger partial charge in [0.1, 0.15) is 35.0 Å². The van der Waals surface area contributed by atoms with Gasteiger partial charge in [-0.15, -0.1) is 0 Å². The molecule has 1 aromatic heterocycles. The molecule has 0 saturated carbocycles. The van der Waals surface area contributed by atoms with Crippen LogP contribution in [0.4, 0.5) is 5.82 Å². The van der Waals surface area contributed by atoms with E-state index in [1.165, 1.54) is 11.8 Å². The number of anilines is 1. The number of nitrogens with zero attached hydrogens (tertiary/aromatic N) is 2. The minimum Gasteiger partial charge on any atom is -0.496 e. The van der Waals surface area contributed by atoms with Crippen LogP contribution in [0.3, 0.4) is 0 Å². The summed E-state index contributed by atoms with van der Waals surface area (Å²) in [6.07, 6.45) is -0.782. The number of benzene rings is 2. The molecule has 2 atom stereocenters. The molecule has 0 aliphatic carbocycles. The first-order valence-electron chi connectivity index (χ1n) is 10.3. The molecule has 10 nitrogen and oxygen atoms in total. The van der Waals surface area contributed by atoms with Crippen LogP contribution in [0, 0.1) is 0 Å². The van der Waals surface area contributed by atoms with E-state index in [1.807, 2.05) is 12.1 Å². The summed E-state index contributed by atoms with van der Waals surface area (Å²) in [6, 6.07) is 13.6. The van der Waals surface area contributed by atoms with Gasteiger partial charge in [-0.2, -0.15) is 5.10 Å². The largest absolute Gasteiger partial charge is 0.496 e. The Balaban J connectivity index is 1.53. The van der Waals surface area contributed by atoms with Crippen LogP contribution in [0.15, 0.2) is 48.5 Å². The number of aromatic nitrogens is 2. The first-order chi connectivity index (χ1) is 15.9. The highest BCUT2D eigenvalue weighted by molar-refractivity contribution is 6.03. The molecule has 0 radical (unpaired) electrons. The number of carbonyl (C=O) groups excluding carboxylic acids is 2. The Hall–Kier alpha value is -3.89. The molecular weight excluding hydrogens is 426 g/mol. The smallest absolute Gasteiger partial charge is 0.255 e. The first kappa shape index (κ1) is 22.3. The molecule has 1 saturated heterocycles. The summed E-state index contributed by atoms with van der Waals surface area (Å²) in [5.41, 5.74) is 14.0. The molecule has 1 fully saturated rings. The number of aliphatic hydroxyl groups is 1. The summed E-state index contributed by atoms with van der Waals surface area (Å²) in [7, 11) is 1.51. The molecule has 2 heterocycles. The maximum atomic E-state index is 12.5. The lowest BCUT2D eigenvalue weighted by Crippen LogP contribution is -2.25. The van der Waals surface area contributed by atoms with Crippen molar-refractivity contribution in [3.8, 4) is 17.0 Å². The van der Waals surface area contributed by atoms with Crippen molar-refractivity contribution in [2.75, 3.05) is 26.1 Å². The van der Waals surface area contributed by atoms with Gasteiger partial charge < -0.3 is 31.4 Å². The molecular formula is C23H25N5O5. The van der Waals surface area contributed by atoms with E-state index < -0.39 is 18.1 Å². The van der Waals surface area contributed by atoms with Crippen LogP contribution in [0.5, 0.6) is 5.75 Å². The second-order valence-corrected chi connectivity index (χ2v) is 7.67. The summed E-state index contributed by atoms with van der Waals surface area (Å²) in [6.45, 7) is 0.692. The highest BCUT2D eigenvalue weighted by Gasteiger charge is 2.33. The summed E-state index contributed by atoms with van der Waals surface area (Å²) in [5.74, 6) is -0.387. The Morgan fingerprint density at radius 2 is 1.94 bits per heavy atom. The zero-order valence-corrected chi connectivity index (χ0v) is 18.0. The molecule has 0 spiro atoms. The van der Waals surface area contributed by atoms with Crippen molar-refractivity contribution in [2.24, 2.45) is 5.73 Å². The minimum absolute atomic E-state index is 0.0835. The Bertz CT molecular complexity index is 1170. The predicted molar refractivity (Wildman–Crippen MR) is 121 cm³/mol. The molecule has 10 heteroatoms. The third-order valence-electron chi connectivity index (χ3n) is 5.56. The fourth-order valence-electron chi connectivity index (χ4n) is 3.80. The summed E-state index contributed by atoms with van der Waals surface area (Å²) >= 11 is 0. The van der Waals surface area contributed by atoms with E-state index in [0.717, 1.165) is 5.56 Å². The highest BCUT2D eigenvalue weighted by Crippen LogP contribution is 2.31. The second-order valence-electron chi connectivity index (χ2n) is 7.67. The Morgan fingerprint density at radius 1 is 1.21 bits per heavy atom. The van der Waals surface area contributed by atoms with Crippen LogP contribution in [0.1, 0.15) is 32.3 Å². The number of ether oxygens (including phenoxy) is 2. The van der Waals surface area contributed by atoms with Crippen molar-refractivity contribution in [1.29, 1.82) is 0 Å².